The Morgan fingerprint density at radius 3 is 3.13 bits per heavy atom. The van der Waals surface area contributed by atoms with E-state index >= 15 is 0 Å². The Hall–Kier alpha value is -3.10. The highest BCUT2D eigenvalue weighted by Gasteiger charge is 2.25. The molecule has 1 aliphatic rings. The van der Waals surface area contributed by atoms with E-state index in [0.717, 1.165) is 11.2 Å². The second kappa shape index (κ2) is 5.27. The molecular weight excluding hydrogens is 298 g/mol. The van der Waals surface area contributed by atoms with E-state index < -0.39 is 5.97 Å². The Morgan fingerprint density at radius 2 is 2.35 bits per heavy atom. The molecule has 0 atom stereocenters. The molecule has 4 rings (SSSR count). The number of nitrogens with zero attached hydrogens (tertiary/aromatic N) is 4. The molecule has 1 aliphatic carbocycles. The summed E-state index contributed by atoms with van der Waals surface area (Å²) in [5.74, 6) is 1.09. The number of carbonyl (C=O) groups is 1. The van der Waals surface area contributed by atoms with Gasteiger partial charge in [0.05, 0.1) is 0 Å². The number of fused-ring (bicyclic) bond motifs is 1. The first-order valence-electron chi connectivity index (χ1n) is 7.32. The van der Waals surface area contributed by atoms with Gasteiger partial charge in [-0.15, -0.1) is 5.10 Å². The Balaban J connectivity index is 1.63. The molecule has 23 heavy (non-hydrogen) atoms. The van der Waals surface area contributed by atoms with Crippen LogP contribution in [0.1, 0.15) is 24.5 Å². The monoisotopic (exact) mass is 313 g/mol. The van der Waals surface area contributed by atoms with Gasteiger partial charge < -0.3 is 15.7 Å². The van der Waals surface area contributed by atoms with Crippen molar-refractivity contribution < 1.29 is 9.90 Å². The summed E-state index contributed by atoms with van der Waals surface area (Å²) >= 11 is 0. The Kier molecular flexibility index (Phi) is 3.11. The summed E-state index contributed by atoms with van der Waals surface area (Å²) in [5, 5.41) is 26.1. The van der Waals surface area contributed by atoms with Gasteiger partial charge in [-0.25, -0.2) is 4.52 Å². The Labute approximate surface area is 130 Å². The van der Waals surface area contributed by atoms with Gasteiger partial charge in [0.1, 0.15) is 12.1 Å². The smallest absolute Gasteiger partial charge is 0.322 e. The highest BCUT2D eigenvalue weighted by molar-refractivity contribution is 5.74. The molecule has 3 aromatic heterocycles. The fourth-order valence-corrected chi connectivity index (χ4v) is 2.38. The number of H-pyrrole nitrogens is 1. The molecule has 9 heteroatoms. The number of aromatic amines is 1. The van der Waals surface area contributed by atoms with Gasteiger partial charge in [-0.1, -0.05) is 0 Å². The Bertz CT molecular complexity index is 865. The van der Waals surface area contributed by atoms with Gasteiger partial charge in [-0.05, 0) is 25.0 Å². The van der Waals surface area contributed by atoms with Gasteiger partial charge in [0, 0.05) is 23.9 Å². The minimum Gasteiger partial charge on any atom is -0.480 e. The van der Waals surface area contributed by atoms with Crippen molar-refractivity contribution in [1.29, 1.82) is 0 Å². The van der Waals surface area contributed by atoms with E-state index in [1.54, 1.807) is 10.7 Å². The van der Waals surface area contributed by atoms with Crippen molar-refractivity contribution in [3.05, 3.63) is 30.1 Å². The van der Waals surface area contributed by atoms with Crippen LogP contribution in [0.2, 0.25) is 0 Å². The predicted molar refractivity (Wildman–Crippen MR) is 83.0 cm³/mol. The number of nitrogens with one attached hydrogen (secondary N) is 3. The van der Waals surface area contributed by atoms with E-state index in [1.165, 1.54) is 12.8 Å². The predicted octanol–water partition coefficient (Wildman–Crippen LogP) is 1.57. The van der Waals surface area contributed by atoms with Crippen LogP contribution in [0.5, 0.6) is 0 Å². The maximum Gasteiger partial charge on any atom is 0.322 e. The van der Waals surface area contributed by atoms with Crippen molar-refractivity contribution in [1.82, 2.24) is 24.8 Å². The molecule has 0 bridgehead atoms. The average Bonchev–Trinajstić information content (AvgIpc) is 3.07. The highest BCUT2D eigenvalue weighted by atomic mass is 16.4. The minimum atomic E-state index is -0.975. The third kappa shape index (κ3) is 2.80. The lowest BCUT2D eigenvalue weighted by Gasteiger charge is -2.08. The van der Waals surface area contributed by atoms with Crippen LogP contribution >= 0.6 is 0 Å². The summed E-state index contributed by atoms with van der Waals surface area (Å²) in [4.78, 5) is 15.0. The molecule has 3 heterocycles. The van der Waals surface area contributed by atoms with Crippen molar-refractivity contribution in [2.45, 2.75) is 18.8 Å². The number of carboxylic acid groups (broad SMARTS) is 1. The van der Waals surface area contributed by atoms with Crippen LogP contribution in [0.4, 0.5) is 17.6 Å². The van der Waals surface area contributed by atoms with Gasteiger partial charge in [0.15, 0.2) is 11.6 Å². The lowest BCUT2D eigenvalue weighted by atomic mass is 10.3. The number of hydrogen-bond donors (Lipinski definition) is 4. The van der Waals surface area contributed by atoms with Crippen molar-refractivity contribution in [2.24, 2.45) is 0 Å². The number of aromatic nitrogens is 5. The first-order chi connectivity index (χ1) is 11.2. The molecule has 9 nitrogen and oxygen atoms in total. The molecular formula is C14H15N7O2. The van der Waals surface area contributed by atoms with Gasteiger partial charge in [0.2, 0.25) is 5.95 Å². The molecule has 3 aromatic rings. The quantitative estimate of drug-likeness (QED) is 0.545. The molecule has 1 fully saturated rings. The number of hydrogen-bond acceptors (Lipinski definition) is 6. The van der Waals surface area contributed by atoms with Crippen LogP contribution in [0.15, 0.2) is 24.4 Å². The zero-order valence-electron chi connectivity index (χ0n) is 12.2. The summed E-state index contributed by atoms with van der Waals surface area (Å²) in [6.45, 7) is -0.250. The summed E-state index contributed by atoms with van der Waals surface area (Å²) in [7, 11) is 0. The SMILES string of the molecule is O=C(O)CNc1nc(Nc2cc(C3CC3)[nH]n2)c2cccn2n1. The third-order valence-electron chi connectivity index (χ3n) is 3.65. The van der Waals surface area contributed by atoms with E-state index in [1.807, 2.05) is 18.2 Å². The molecule has 0 aliphatic heterocycles. The van der Waals surface area contributed by atoms with Crippen LogP contribution in [0, 0.1) is 0 Å². The lowest BCUT2D eigenvalue weighted by molar-refractivity contribution is -0.134. The molecule has 0 radical (unpaired) electrons. The fraction of sp³-hybridized carbons (Fsp3) is 0.286. The van der Waals surface area contributed by atoms with Gasteiger partial charge in [-0.2, -0.15) is 10.1 Å². The molecule has 1 saturated carbocycles. The van der Waals surface area contributed by atoms with E-state index in [9.17, 15) is 4.79 Å². The molecule has 118 valence electrons. The van der Waals surface area contributed by atoms with Crippen molar-refractivity contribution in [2.75, 3.05) is 17.2 Å². The van der Waals surface area contributed by atoms with E-state index in [4.69, 9.17) is 5.11 Å². The van der Waals surface area contributed by atoms with Crippen molar-refractivity contribution in [3.8, 4) is 0 Å². The molecule has 0 unspecified atom stereocenters. The third-order valence-corrected chi connectivity index (χ3v) is 3.65. The highest BCUT2D eigenvalue weighted by Crippen LogP contribution is 2.39. The summed E-state index contributed by atoms with van der Waals surface area (Å²) in [5.41, 5.74) is 1.90. The van der Waals surface area contributed by atoms with Crippen molar-refractivity contribution in [3.63, 3.8) is 0 Å². The first kappa shape index (κ1) is 13.6. The standard InChI is InChI=1S/C14H15N7O2/c22-12(23)7-15-14-17-13(10-2-1-5-21(10)20-14)16-11-6-9(18-19-11)8-3-4-8/h1-2,5-6,8H,3-4,7H2,(H,22,23)(H3,15,16,17,18,19,20). The Morgan fingerprint density at radius 1 is 1.48 bits per heavy atom. The summed E-state index contributed by atoms with van der Waals surface area (Å²) in [6, 6.07) is 5.69. The largest absolute Gasteiger partial charge is 0.480 e. The van der Waals surface area contributed by atoms with Crippen LogP contribution < -0.4 is 10.6 Å². The van der Waals surface area contributed by atoms with Crippen LogP contribution in [-0.4, -0.2) is 42.4 Å². The molecule has 0 saturated heterocycles. The number of carboxylic acids is 1. The second-order valence-electron chi connectivity index (χ2n) is 5.48. The maximum atomic E-state index is 10.7. The second-order valence-corrected chi connectivity index (χ2v) is 5.48. The molecule has 0 amide bonds. The van der Waals surface area contributed by atoms with Crippen LogP contribution in [-0.2, 0) is 4.79 Å². The maximum absolute atomic E-state index is 10.7. The van der Waals surface area contributed by atoms with Gasteiger partial charge in [0.25, 0.3) is 0 Å². The average molecular weight is 313 g/mol. The normalized spacial score (nSPS) is 14.1. The van der Waals surface area contributed by atoms with Crippen LogP contribution in [0.3, 0.4) is 0 Å². The lowest BCUT2D eigenvalue weighted by Crippen LogP contribution is -2.16. The fourth-order valence-electron chi connectivity index (χ4n) is 2.38. The van der Waals surface area contributed by atoms with Gasteiger partial charge in [-0.3, -0.25) is 9.89 Å². The van der Waals surface area contributed by atoms with E-state index in [-0.39, 0.29) is 12.5 Å². The zero-order chi connectivity index (χ0) is 15.8. The number of aliphatic carboxylic acids is 1. The van der Waals surface area contributed by atoms with Gasteiger partial charge >= 0.3 is 5.97 Å². The number of rotatable bonds is 6. The van der Waals surface area contributed by atoms with Crippen LogP contribution in [0.25, 0.3) is 5.52 Å². The van der Waals surface area contributed by atoms with E-state index in [0.29, 0.717) is 17.6 Å². The van der Waals surface area contributed by atoms with E-state index in [2.05, 4.69) is 30.9 Å². The molecule has 0 aromatic carbocycles. The summed E-state index contributed by atoms with van der Waals surface area (Å²) in [6.07, 6.45) is 4.16. The zero-order valence-corrected chi connectivity index (χ0v) is 12.2. The molecule has 0 spiro atoms. The molecule has 4 N–H and O–H groups in total. The first-order valence-corrected chi connectivity index (χ1v) is 7.32. The van der Waals surface area contributed by atoms with Crippen molar-refractivity contribution >= 4 is 29.1 Å². The summed E-state index contributed by atoms with van der Waals surface area (Å²) < 4.78 is 1.63. The topological polar surface area (TPSA) is 120 Å². The number of anilines is 3. The minimum absolute atomic E-state index is 0.233.